The fourth-order valence-corrected chi connectivity index (χ4v) is 3.75. The lowest BCUT2D eigenvalue weighted by molar-refractivity contribution is -0.830. The van der Waals surface area contributed by atoms with Gasteiger partial charge in [-0.15, -0.1) is 0 Å². The second-order valence-corrected chi connectivity index (χ2v) is 6.74. The summed E-state index contributed by atoms with van der Waals surface area (Å²) in [6.45, 7) is 4.53. The van der Waals surface area contributed by atoms with Crippen molar-refractivity contribution in [2.45, 2.75) is 45.2 Å². The molecule has 1 heterocycles. The molecule has 2 fully saturated rings. The number of hydrogen-bond donors (Lipinski definition) is 3. The summed E-state index contributed by atoms with van der Waals surface area (Å²) in [6, 6.07) is 8.52. The fourth-order valence-electron chi connectivity index (χ4n) is 3.75. The molecular weight excluding hydrogens is 316 g/mol. The molecule has 1 saturated carbocycles. The summed E-state index contributed by atoms with van der Waals surface area (Å²) in [6.07, 6.45) is 4.53. The average Bonchev–Trinajstić information content (AvgIpc) is 2.64. The summed E-state index contributed by atoms with van der Waals surface area (Å²) in [4.78, 5) is 20.0. The number of carbonyl (C=O) groups is 1. The first-order chi connectivity index (χ1) is 11.8. The summed E-state index contributed by atoms with van der Waals surface area (Å²) < 4.78 is 0. The Bertz CT molecular complexity index is 521. The van der Waals surface area contributed by atoms with E-state index in [-0.39, 0.29) is 13.3 Å². The van der Waals surface area contributed by atoms with Gasteiger partial charge >= 0.3 is 0 Å². The van der Waals surface area contributed by atoms with Gasteiger partial charge < -0.3 is 10.6 Å². The summed E-state index contributed by atoms with van der Waals surface area (Å²) in [7, 11) is 1.62. The lowest BCUT2D eigenvalue weighted by Gasteiger charge is -2.39. The number of benzene rings is 1. The number of nitrogens with two attached hydrogens (primary N) is 1. The van der Waals surface area contributed by atoms with Crippen LogP contribution < -0.4 is 16.1 Å². The maximum atomic E-state index is 12.4. The van der Waals surface area contributed by atoms with E-state index < -0.39 is 0 Å². The third-order valence-corrected chi connectivity index (χ3v) is 5.13. The van der Waals surface area contributed by atoms with E-state index in [0.29, 0.717) is 17.6 Å². The van der Waals surface area contributed by atoms with Gasteiger partial charge in [0.2, 0.25) is 0 Å². The first-order valence-corrected chi connectivity index (χ1v) is 8.98. The molecule has 0 atom stereocenters. The van der Waals surface area contributed by atoms with Gasteiger partial charge in [0.1, 0.15) is 0 Å². The van der Waals surface area contributed by atoms with Crippen LogP contribution in [0.4, 0.5) is 5.69 Å². The van der Waals surface area contributed by atoms with Crippen LogP contribution in [0.2, 0.25) is 0 Å². The van der Waals surface area contributed by atoms with Crippen LogP contribution in [0, 0.1) is 0 Å². The summed E-state index contributed by atoms with van der Waals surface area (Å²) in [5.41, 5.74) is 3.34. The van der Waals surface area contributed by atoms with Crippen molar-refractivity contribution in [3.05, 3.63) is 29.8 Å². The topological polar surface area (TPSA) is 70.2 Å². The van der Waals surface area contributed by atoms with Gasteiger partial charge in [-0.25, -0.2) is 4.84 Å². The molecule has 140 valence electrons. The van der Waals surface area contributed by atoms with Crippen molar-refractivity contribution in [3.63, 3.8) is 0 Å². The van der Waals surface area contributed by atoms with Gasteiger partial charge in [0.25, 0.3) is 5.91 Å². The van der Waals surface area contributed by atoms with Crippen molar-refractivity contribution in [1.82, 2.24) is 15.5 Å². The van der Waals surface area contributed by atoms with E-state index in [0.717, 1.165) is 44.7 Å². The highest BCUT2D eigenvalue weighted by Gasteiger charge is 2.27. The molecule has 0 spiro atoms. The fraction of sp³-hybridized carbons (Fsp3) is 0.632. The molecule has 25 heavy (non-hydrogen) atoms. The van der Waals surface area contributed by atoms with E-state index in [2.05, 4.69) is 15.5 Å². The average molecular weight is 349 g/mol. The molecule has 1 amide bonds. The molecule has 2 aliphatic rings. The molecule has 1 aromatic rings. The summed E-state index contributed by atoms with van der Waals surface area (Å²) >= 11 is 0. The number of amides is 1. The Kier molecular flexibility index (Phi) is 7.84. The second-order valence-electron chi connectivity index (χ2n) is 6.74. The van der Waals surface area contributed by atoms with Crippen LogP contribution in [0.3, 0.4) is 0 Å². The number of nitrogens with one attached hydrogen (secondary N) is 2. The number of carbonyl (C=O) groups excluding carboxylic acids is 1. The van der Waals surface area contributed by atoms with Gasteiger partial charge in [0, 0.05) is 56.0 Å². The highest BCUT2D eigenvalue weighted by Crippen LogP contribution is 2.23. The van der Waals surface area contributed by atoms with Crippen LogP contribution in [0.25, 0.3) is 0 Å². The molecule has 0 radical (unpaired) electrons. The van der Waals surface area contributed by atoms with Crippen molar-refractivity contribution < 1.29 is 15.1 Å². The van der Waals surface area contributed by atoms with E-state index in [1.165, 1.54) is 12.8 Å². The number of nitrogens with zero attached hydrogens (tertiary/aromatic N) is 1. The lowest BCUT2D eigenvalue weighted by atomic mass is 9.89. The van der Waals surface area contributed by atoms with Crippen molar-refractivity contribution in [2.75, 3.05) is 33.3 Å². The summed E-state index contributed by atoms with van der Waals surface area (Å²) in [5.74, 6) is 0.0320. The number of hydrogen-bond acceptors (Lipinski definition) is 4. The third kappa shape index (κ3) is 5.51. The van der Waals surface area contributed by atoms with Crippen molar-refractivity contribution in [1.29, 1.82) is 0 Å². The van der Waals surface area contributed by atoms with E-state index in [9.17, 15) is 4.79 Å². The molecule has 1 saturated heterocycles. The third-order valence-electron chi connectivity index (χ3n) is 5.13. The number of piperazine rings is 1. The molecule has 1 aromatic carbocycles. The van der Waals surface area contributed by atoms with Gasteiger partial charge in [0.05, 0.1) is 7.11 Å². The van der Waals surface area contributed by atoms with E-state index in [4.69, 9.17) is 4.84 Å². The lowest BCUT2D eigenvalue weighted by Crippen LogP contribution is -2.75. The van der Waals surface area contributed by atoms with Crippen molar-refractivity contribution in [3.8, 4) is 0 Å². The smallest absolute Gasteiger partial charge is 0.251 e. The Morgan fingerprint density at radius 1 is 1.16 bits per heavy atom. The summed E-state index contributed by atoms with van der Waals surface area (Å²) in [5, 5.41) is 6.61. The van der Waals surface area contributed by atoms with Crippen molar-refractivity contribution >= 4 is 11.6 Å². The largest absolute Gasteiger partial charge is 0.349 e. The normalized spacial score (nSPS) is 24.4. The highest BCUT2D eigenvalue weighted by molar-refractivity contribution is 5.94. The van der Waals surface area contributed by atoms with Crippen LogP contribution in [0.15, 0.2) is 24.3 Å². The predicted octanol–water partition coefficient (Wildman–Crippen LogP) is 1.03. The van der Waals surface area contributed by atoms with Crippen LogP contribution >= 0.6 is 0 Å². The number of rotatable bonds is 5. The van der Waals surface area contributed by atoms with E-state index >= 15 is 0 Å². The minimum absolute atomic E-state index is 0. The zero-order valence-electron chi connectivity index (χ0n) is 14.5. The first-order valence-electron chi connectivity index (χ1n) is 8.98. The standard InChI is InChI=1S/C18H28N4O2.CH4/c1-24-21-16-4-2-14(3-5-16)18(23)20-15-6-8-17(9-7-15)22-12-10-19-11-13-22;/h2-5,15,17,19,21H,6-13H2,1H3,(H,20,23);1H4/p+1. The maximum Gasteiger partial charge on any atom is 0.251 e. The Morgan fingerprint density at radius 2 is 1.80 bits per heavy atom. The minimum atomic E-state index is 0. The van der Waals surface area contributed by atoms with Gasteiger partial charge in [-0.1, -0.05) is 7.43 Å². The quantitative estimate of drug-likeness (QED) is 0.548. The van der Waals surface area contributed by atoms with Crippen LogP contribution in [0.5, 0.6) is 0 Å². The zero-order chi connectivity index (χ0) is 16.8. The van der Waals surface area contributed by atoms with Gasteiger partial charge in [0.15, 0.2) is 5.69 Å². The second kappa shape index (κ2) is 9.87. The predicted molar refractivity (Wildman–Crippen MR) is 99.7 cm³/mol. The minimum Gasteiger partial charge on any atom is -0.349 e. The van der Waals surface area contributed by atoms with Crippen LogP contribution in [-0.4, -0.2) is 56.2 Å². The monoisotopic (exact) mass is 349 g/mol. The molecule has 6 nitrogen and oxygen atoms in total. The first kappa shape index (κ1) is 19.8. The Balaban J connectivity index is 0.00000225. The molecule has 1 aliphatic heterocycles. The molecule has 0 bridgehead atoms. The molecule has 0 unspecified atom stereocenters. The van der Waals surface area contributed by atoms with Crippen LogP contribution in [-0.2, 0) is 4.84 Å². The van der Waals surface area contributed by atoms with Crippen molar-refractivity contribution in [2.24, 2.45) is 0 Å². The van der Waals surface area contributed by atoms with Gasteiger partial charge in [-0.3, -0.25) is 9.69 Å². The Hall–Kier alpha value is -1.47. The SMILES string of the molecule is C.CO[NH2+]c1ccc(C(=O)NC2CCC(N3CCNCC3)CC2)cc1. The highest BCUT2D eigenvalue weighted by atomic mass is 16.6. The zero-order valence-corrected chi connectivity index (χ0v) is 14.5. The molecule has 4 N–H and O–H groups in total. The van der Waals surface area contributed by atoms with Crippen LogP contribution in [0.1, 0.15) is 43.5 Å². The molecule has 6 heteroatoms. The van der Waals surface area contributed by atoms with Gasteiger partial charge in [-0.2, -0.15) is 5.48 Å². The number of quaternary nitrogens is 1. The Morgan fingerprint density at radius 3 is 2.40 bits per heavy atom. The van der Waals surface area contributed by atoms with E-state index in [1.807, 2.05) is 24.3 Å². The molecule has 0 aromatic heterocycles. The molecule has 1 aliphatic carbocycles. The van der Waals surface area contributed by atoms with E-state index in [1.54, 1.807) is 12.6 Å². The molecule has 3 rings (SSSR count). The molecular formula is C19H33N4O2+. The maximum absolute atomic E-state index is 12.4. The van der Waals surface area contributed by atoms with Gasteiger partial charge in [-0.05, 0) is 37.8 Å². The Labute approximate surface area is 151 Å².